The van der Waals surface area contributed by atoms with Gasteiger partial charge in [-0.25, -0.2) is 4.39 Å². The van der Waals surface area contributed by atoms with Crippen LogP contribution in [0.25, 0.3) is 0 Å². The molecular weight excluding hydrogens is 263 g/mol. The van der Waals surface area contributed by atoms with Crippen molar-refractivity contribution in [2.24, 2.45) is 5.41 Å². The Morgan fingerprint density at radius 1 is 1.56 bits per heavy atom. The van der Waals surface area contributed by atoms with Gasteiger partial charge in [-0.15, -0.1) is 0 Å². The molecule has 0 aliphatic rings. The number of hydrogen-bond donors (Lipinski definition) is 2. The third kappa shape index (κ3) is 2.67. The highest BCUT2D eigenvalue weighted by molar-refractivity contribution is 6.31. The molecule has 1 rings (SSSR count). The Hall–Kier alpha value is -1.49. The van der Waals surface area contributed by atoms with Crippen molar-refractivity contribution in [3.63, 3.8) is 0 Å². The number of carboxylic acids is 1. The summed E-state index contributed by atoms with van der Waals surface area (Å²) in [5, 5.41) is 18.4. The van der Waals surface area contributed by atoms with Gasteiger partial charge in [0.15, 0.2) is 11.5 Å². The van der Waals surface area contributed by atoms with Crippen LogP contribution in [-0.4, -0.2) is 23.3 Å². The van der Waals surface area contributed by atoms with E-state index < -0.39 is 17.2 Å². The number of halogens is 2. The maximum atomic E-state index is 13.9. The number of ether oxygens (including phenoxy) is 1. The van der Waals surface area contributed by atoms with Crippen molar-refractivity contribution < 1.29 is 24.1 Å². The lowest BCUT2D eigenvalue weighted by Gasteiger charge is -2.21. The molecule has 0 bridgehead atoms. The predicted molar refractivity (Wildman–Crippen MR) is 64.7 cm³/mol. The largest absolute Gasteiger partial charge is 0.504 e. The van der Waals surface area contributed by atoms with E-state index in [1.165, 1.54) is 21.0 Å². The molecule has 0 unspecified atom stereocenters. The van der Waals surface area contributed by atoms with Gasteiger partial charge in [-0.3, -0.25) is 4.79 Å². The average Bonchev–Trinajstić information content (AvgIpc) is 2.25. The van der Waals surface area contributed by atoms with E-state index in [1.807, 2.05) is 0 Å². The summed E-state index contributed by atoms with van der Waals surface area (Å²) in [5.74, 6) is -2.27. The van der Waals surface area contributed by atoms with Crippen LogP contribution in [0, 0.1) is 11.2 Å². The number of carbonyl (C=O) groups is 1. The molecule has 18 heavy (non-hydrogen) atoms. The number of aliphatic carboxylic acids is 1. The first-order valence-corrected chi connectivity index (χ1v) is 5.55. The van der Waals surface area contributed by atoms with Gasteiger partial charge in [0.1, 0.15) is 5.82 Å². The van der Waals surface area contributed by atoms with Crippen molar-refractivity contribution in [3.8, 4) is 11.5 Å². The van der Waals surface area contributed by atoms with Gasteiger partial charge in [-0.2, -0.15) is 0 Å². The second kappa shape index (κ2) is 5.02. The van der Waals surface area contributed by atoms with Crippen LogP contribution in [0.2, 0.25) is 5.02 Å². The van der Waals surface area contributed by atoms with Gasteiger partial charge in [-0.1, -0.05) is 11.6 Å². The van der Waals surface area contributed by atoms with Crippen molar-refractivity contribution in [2.45, 2.75) is 20.3 Å². The molecule has 0 atom stereocenters. The minimum atomic E-state index is -1.20. The number of carboxylic acid groups (broad SMARTS) is 1. The third-order valence-corrected chi connectivity index (χ3v) is 2.92. The van der Waals surface area contributed by atoms with Crippen molar-refractivity contribution in [1.82, 2.24) is 0 Å². The zero-order valence-electron chi connectivity index (χ0n) is 10.3. The minimum absolute atomic E-state index is 0.0464. The fourth-order valence-corrected chi connectivity index (χ4v) is 1.77. The monoisotopic (exact) mass is 276 g/mol. The number of phenolic OH excluding ortho intramolecular Hbond substituents is 1. The van der Waals surface area contributed by atoms with Crippen LogP contribution in [0.15, 0.2) is 6.07 Å². The van der Waals surface area contributed by atoms with Crippen LogP contribution >= 0.6 is 11.6 Å². The first-order valence-electron chi connectivity index (χ1n) is 5.18. The third-order valence-electron chi connectivity index (χ3n) is 2.65. The summed E-state index contributed by atoms with van der Waals surface area (Å²) in [5.41, 5.74) is -1.25. The molecule has 0 amide bonds. The molecule has 0 heterocycles. The van der Waals surface area contributed by atoms with E-state index in [0.29, 0.717) is 0 Å². The fraction of sp³-hybridized carbons (Fsp3) is 0.417. The number of aromatic hydroxyl groups is 1. The Labute approximate surface area is 109 Å². The quantitative estimate of drug-likeness (QED) is 0.887. The van der Waals surface area contributed by atoms with Crippen LogP contribution in [0.1, 0.15) is 19.4 Å². The molecular formula is C12H14ClFO4. The van der Waals surface area contributed by atoms with E-state index in [4.69, 9.17) is 21.4 Å². The summed E-state index contributed by atoms with van der Waals surface area (Å²) >= 11 is 5.62. The van der Waals surface area contributed by atoms with Crippen molar-refractivity contribution >= 4 is 17.6 Å². The Balaban J connectivity index is 3.35. The zero-order valence-corrected chi connectivity index (χ0v) is 11.0. The standard InChI is InChI=1S/C12H14ClFO4/c1-12(2,11(16)17)5-6-9(14)7(13)4-8(15)10(6)18-3/h4,15H,5H2,1-3H3,(H,16,17). The van der Waals surface area contributed by atoms with E-state index >= 15 is 0 Å². The highest BCUT2D eigenvalue weighted by Gasteiger charge is 2.31. The average molecular weight is 277 g/mol. The van der Waals surface area contributed by atoms with Crippen LogP contribution < -0.4 is 4.74 Å². The topological polar surface area (TPSA) is 66.8 Å². The smallest absolute Gasteiger partial charge is 0.309 e. The van der Waals surface area contributed by atoms with E-state index in [1.54, 1.807) is 0 Å². The summed E-state index contributed by atoms with van der Waals surface area (Å²) in [4.78, 5) is 11.0. The maximum absolute atomic E-state index is 13.9. The molecule has 0 saturated heterocycles. The normalized spacial score (nSPS) is 11.4. The first kappa shape index (κ1) is 14.6. The highest BCUT2D eigenvalue weighted by atomic mass is 35.5. The minimum Gasteiger partial charge on any atom is -0.504 e. The zero-order chi connectivity index (χ0) is 14.1. The summed E-state index contributed by atoms with van der Waals surface area (Å²) < 4.78 is 18.8. The Bertz CT molecular complexity index is 485. The number of rotatable bonds is 4. The summed E-state index contributed by atoms with van der Waals surface area (Å²) in [6.07, 6.45) is -0.147. The van der Waals surface area contributed by atoms with Crippen LogP contribution in [0.3, 0.4) is 0 Å². The highest BCUT2D eigenvalue weighted by Crippen LogP contribution is 2.39. The summed E-state index contributed by atoms with van der Waals surface area (Å²) in [6, 6.07) is 1.02. The van der Waals surface area contributed by atoms with Gasteiger partial charge < -0.3 is 14.9 Å². The van der Waals surface area contributed by atoms with Crippen molar-refractivity contribution in [3.05, 3.63) is 22.5 Å². The molecule has 0 fully saturated rings. The molecule has 0 aliphatic heterocycles. The SMILES string of the molecule is COc1c(O)cc(Cl)c(F)c1CC(C)(C)C(=O)O. The Morgan fingerprint density at radius 3 is 2.56 bits per heavy atom. The second-order valence-electron chi connectivity index (χ2n) is 4.57. The van der Waals surface area contributed by atoms with Crippen LogP contribution in [0.5, 0.6) is 11.5 Å². The molecule has 0 spiro atoms. The first-order chi connectivity index (χ1) is 8.20. The van der Waals surface area contributed by atoms with Crippen molar-refractivity contribution in [1.29, 1.82) is 0 Å². The molecule has 1 aromatic rings. The van der Waals surface area contributed by atoms with Crippen LogP contribution in [-0.2, 0) is 11.2 Å². The molecule has 4 nitrogen and oxygen atoms in total. The molecule has 0 saturated carbocycles. The molecule has 0 radical (unpaired) electrons. The molecule has 0 aliphatic carbocycles. The van der Waals surface area contributed by atoms with Gasteiger partial charge >= 0.3 is 5.97 Å². The lowest BCUT2D eigenvalue weighted by atomic mass is 9.85. The lowest BCUT2D eigenvalue weighted by molar-refractivity contribution is -0.146. The molecule has 2 N–H and O–H groups in total. The molecule has 0 aromatic heterocycles. The maximum Gasteiger partial charge on any atom is 0.309 e. The molecule has 1 aromatic carbocycles. The summed E-state index contributed by atoms with van der Waals surface area (Å²) in [6.45, 7) is 2.90. The second-order valence-corrected chi connectivity index (χ2v) is 4.98. The van der Waals surface area contributed by atoms with Gasteiger partial charge in [0, 0.05) is 11.6 Å². The van der Waals surface area contributed by atoms with E-state index in [-0.39, 0.29) is 28.5 Å². The fourth-order valence-electron chi connectivity index (χ4n) is 1.55. The van der Waals surface area contributed by atoms with Crippen LogP contribution in [0.4, 0.5) is 4.39 Å². The van der Waals surface area contributed by atoms with E-state index in [9.17, 15) is 14.3 Å². The number of benzene rings is 1. The van der Waals surface area contributed by atoms with Gasteiger partial charge in [0.05, 0.1) is 17.5 Å². The van der Waals surface area contributed by atoms with Crippen molar-refractivity contribution in [2.75, 3.05) is 7.11 Å². The molecule has 100 valence electrons. The Kier molecular flexibility index (Phi) is 4.06. The number of hydrogen-bond acceptors (Lipinski definition) is 3. The van der Waals surface area contributed by atoms with E-state index in [0.717, 1.165) is 6.07 Å². The van der Waals surface area contributed by atoms with Gasteiger partial charge in [0.2, 0.25) is 0 Å². The summed E-state index contributed by atoms with van der Waals surface area (Å²) in [7, 11) is 1.26. The predicted octanol–water partition coefficient (Wildman–Crippen LogP) is 2.85. The number of phenols is 1. The van der Waals surface area contributed by atoms with Gasteiger partial charge in [0.25, 0.3) is 0 Å². The molecule has 6 heteroatoms. The lowest BCUT2D eigenvalue weighted by Crippen LogP contribution is -2.27. The number of methoxy groups -OCH3 is 1. The van der Waals surface area contributed by atoms with Gasteiger partial charge in [-0.05, 0) is 20.3 Å². The van der Waals surface area contributed by atoms with E-state index in [2.05, 4.69) is 0 Å². The Morgan fingerprint density at radius 2 is 2.11 bits per heavy atom.